The number of nitrogens with one attached hydrogen (secondary N) is 1. The summed E-state index contributed by atoms with van der Waals surface area (Å²) in [6.07, 6.45) is 0.719. The Morgan fingerprint density at radius 2 is 2.21 bits per heavy atom. The van der Waals surface area contributed by atoms with E-state index >= 15 is 0 Å². The zero-order valence-corrected chi connectivity index (χ0v) is 8.38. The molecule has 0 aliphatic carbocycles. The van der Waals surface area contributed by atoms with Gasteiger partial charge in [-0.05, 0) is 18.2 Å². The van der Waals surface area contributed by atoms with Crippen LogP contribution < -0.4 is 5.32 Å². The third-order valence-electron chi connectivity index (χ3n) is 1.36. The maximum Gasteiger partial charge on any atom is 0.270 e. The van der Waals surface area contributed by atoms with Crippen LogP contribution in [0.15, 0.2) is 23.4 Å². The number of amides is 1. The van der Waals surface area contributed by atoms with E-state index in [4.69, 9.17) is 28.4 Å². The highest BCUT2D eigenvalue weighted by Crippen LogP contribution is 2.24. The van der Waals surface area contributed by atoms with Crippen LogP contribution >= 0.6 is 23.2 Å². The molecule has 0 saturated heterocycles. The SMILES string of the molecule is O=C(/C=N/O)Nc1cc(Cl)ccc1Cl. The Kier molecular flexibility index (Phi) is 3.73. The van der Waals surface area contributed by atoms with Crippen molar-refractivity contribution in [3.05, 3.63) is 28.2 Å². The first kappa shape index (κ1) is 10.8. The predicted molar refractivity (Wildman–Crippen MR) is 55.4 cm³/mol. The Balaban J connectivity index is 2.85. The Bertz CT molecular complexity index is 380. The first-order valence-corrected chi connectivity index (χ1v) is 4.32. The van der Waals surface area contributed by atoms with Crippen LogP contribution in [0.5, 0.6) is 0 Å². The van der Waals surface area contributed by atoms with Crippen molar-refractivity contribution < 1.29 is 10.0 Å². The van der Waals surface area contributed by atoms with E-state index in [9.17, 15) is 4.79 Å². The maximum absolute atomic E-state index is 11.0. The van der Waals surface area contributed by atoms with Gasteiger partial charge in [0.05, 0.1) is 10.7 Å². The summed E-state index contributed by atoms with van der Waals surface area (Å²) in [6, 6.07) is 4.64. The fraction of sp³-hybridized carbons (Fsp3) is 0. The first-order valence-electron chi connectivity index (χ1n) is 3.57. The van der Waals surface area contributed by atoms with Gasteiger partial charge in [0.2, 0.25) is 0 Å². The largest absolute Gasteiger partial charge is 0.411 e. The summed E-state index contributed by atoms with van der Waals surface area (Å²) in [6.45, 7) is 0. The van der Waals surface area contributed by atoms with Crippen LogP contribution in [-0.2, 0) is 4.79 Å². The molecule has 0 fully saturated rings. The molecule has 0 saturated carbocycles. The topological polar surface area (TPSA) is 61.7 Å². The molecule has 0 atom stereocenters. The molecule has 0 radical (unpaired) electrons. The number of carbonyl (C=O) groups is 1. The molecule has 0 heterocycles. The van der Waals surface area contributed by atoms with E-state index in [0.29, 0.717) is 15.7 Å². The molecule has 4 nitrogen and oxygen atoms in total. The Labute approximate surface area is 90.1 Å². The van der Waals surface area contributed by atoms with Crippen molar-refractivity contribution in [1.82, 2.24) is 0 Å². The van der Waals surface area contributed by atoms with Gasteiger partial charge in [0.1, 0.15) is 6.21 Å². The fourth-order valence-corrected chi connectivity index (χ4v) is 1.15. The van der Waals surface area contributed by atoms with E-state index in [0.717, 1.165) is 6.21 Å². The van der Waals surface area contributed by atoms with Crippen molar-refractivity contribution in [3.63, 3.8) is 0 Å². The molecule has 1 aromatic rings. The van der Waals surface area contributed by atoms with Gasteiger partial charge in [0, 0.05) is 5.02 Å². The molecule has 1 rings (SSSR count). The average molecular weight is 233 g/mol. The van der Waals surface area contributed by atoms with Gasteiger partial charge in [-0.1, -0.05) is 28.4 Å². The monoisotopic (exact) mass is 232 g/mol. The maximum atomic E-state index is 11.0. The third kappa shape index (κ3) is 2.90. The van der Waals surface area contributed by atoms with Crippen molar-refractivity contribution in [2.45, 2.75) is 0 Å². The van der Waals surface area contributed by atoms with E-state index in [1.807, 2.05) is 0 Å². The molecule has 0 aliphatic rings. The van der Waals surface area contributed by atoms with Crippen LogP contribution in [0.4, 0.5) is 5.69 Å². The molecule has 0 bridgehead atoms. The van der Waals surface area contributed by atoms with Gasteiger partial charge >= 0.3 is 0 Å². The molecular formula is C8H6Cl2N2O2. The minimum absolute atomic E-state index is 0.356. The molecule has 1 aromatic carbocycles. The molecule has 2 N–H and O–H groups in total. The van der Waals surface area contributed by atoms with Gasteiger partial charge in [0.15, 0.2) is 0 Å². The van der Waals surface area contributed by atoms with Crippen molar-refractivity contribution in [3.8, 4) is 0 Å². The summed E-state index contributed by atoms with van der Waals surface area (Å²) in [5.41, 5.74) is 0.365. The lowest BCUT2D eigenvalue weighted by Gasteiger charge is -2.04. The Hall–Kier alpha value is -1.26. The van der Waals surface area contributed by atoms with Crippen LogP contribution in [0.1, 0.15) is 0 Å². The van der Waals surface area contributed by atoms with Gasteiger partial charge in [-0.25, -0.2) is 0 Å². The number of halogens is 2. The molecule has 74 valence electrons. The second-order valence-corrected chi connectivity index (χ2v) is 3.20. The quantitative estimate of drug-likeness (QED) is 0.468. The fourth-order valence-electron chi connectivity index (χ4n) is 0.811. The highest BCUT2D eigenvalue weighted by Gasteiger charge is 2.04. The number of benzene rings is 1. The minimum Gasteiger partial charge on any atom is -0.411 e. The van der Waals surface area contributed by atoms with E-state index in [-0.39, 0.29) is 0 Å². The number of hydrogen-bond donors (Lipinski definition) is 2. The second-order valence-electron chi connectivity index (χ2n) is 2.36. The molecule has 0 spiro atoms. The zero-order valence-electron chi connectivity index (χ0n) is 6.87. The van der Waals surface area contributed by atoms with E-state index < -0.39 is 5.91 Å². The summed E-state index contributed by atoms with van der Waals surface area (Å²) in [5, 5.41) is 13.9. The number of carbonyl (C=O) groups excluding carboxylic acids is 1. The number of anilines is 1. The summed E-state index contributed by atoms with van der Waals surface area (Å²) >= 11 is 11.4. The highest BCUT2D eigenvalue weighted by atomic mass is 35.5. The van der Waals surface area contributed by atoms with E-state index in [1.165, 1.54) is 6.07 Å². The lowest BCUT2D eigenvalue weighted by molar-refractivity contribution is -0.110. The van der Waals surface area contributed by atoms with Crippen LogP contribution in [0.2, 0.25) is 10.0 Å². The normalized spacial score (nSPS) is 10.4. The van der Waals surface area contributed by atoms with Gasteiger partial charge < -0.3 is 10.5 Å². The van der Waals surface area contributed by atoms with Crippen molar-refractivity contribution >= 4 is 41.0 Å². The smallest absolute Gasteiger partial charge is 0.270 e. The third-order valence-corrected chi connectivity index (χ3v) is 1.93. The molecule has 14 heavy (non-hydrogen) atoms. The van der Waals surface area contributed by atoms with Crippen LogP contribution in [-0.4, -0.2) is 17.3 Å². The van der Waals surface area contributed by atoms with E-state index in [2.05, 4.69) is 10.5 Å². The second kappa shape index (κ2) is 4.83. The molecule has 0 unspecified atom stereocenters. The first-order chi connectivity index (χ1) is 6.63. The standard InChI is InChI=1S/C8H6Cl2N2O2/c9-5-1-2-6(10)7(3-5)12-8(13)4-11-14/h1-4,14H,(H,12,13)/b11-4+. The van der Waals surface area contributed by atoms with Crippen LogP contribution in [0, 0.1) is 0 Å². The lowest BCUT2D eigenvalue weighted by Crippen LogP contribution is -2.12. The number of rotatable bonds is 2. The van der Waals surface area contributed by atoms with Crippen molar-refractivity contribution in [1.29, 1.82) is 0 Å². The lowest BCUT2D eigenvalue weighted by atomic mass is 10.3. The van der Waals surface area contributed by atoms with Crippen LogP contribution in [0.3, 0.4) is 0 Å². The summed E-state index contributed by atoms with van der Waals surface area (Å²) < 4.78 is 0. The van der Waals surface area contributed by atoms with Gasteiger partial charge in [-0.2, -0.15) is 0 Å². The molecule has 1 amide bonds. The van der Waals surface area contributed by atoms with Gasteiger partial charge in [0.25, 0.3) is 5.91 Å². The summed E-state index contributed by atoms with van der Waals surface area (Å²) in [4.78, 5) is 11.0. The number of nitrogens with zero attached hydrogens (tertiary/aromatic N) is 1. The van der Waals surface area contributed by atoms with Gasteiger partial charge in [-0.3, -0.25) is 4.79 Å². The molecule has 0 aliphatic heterocycles. The summed E-state index contributed by atoms with van der Waals surface area (Å²) in [7, 11) is 0. The summed E-state index contributed by atoms with van der Waals surface area (Å²) in [5.74, 6) is -0.586. The Morgan fingerprint density at radius 1 is 1.50 bits per heavy atom. The molecule has 0 aromatic heterocycles. The minimum atomic E-state index is -0.586. The Morgan fingerprint density at radius 3 is 2.86 bits per heavy atom. The zero-order chi connectivity index (χ0) is 10.6. The van der Waals surface area contributed by atoms with E-state index in [1.54, 1.807) is 12.1 Å². The van der Waals surface area contributed by atoms with Crippen LogP contribution in [0.25, 0.3) is 0 Å². The van der Waals surface area contributed by atoms with Crippen molar-refractivity contribution in [2.75, 3.05) is 5.32 Å². The number of oxime groups is 1. The number of hydrogen-bond acceptors (Lipinski definition) is 3. The molecule has 6 heteroatoms. The van der Waals surface area contributed by atoms with Crippen molar-refractivity contribution in [2.24, 2.45) is 5.16 Å². The van der Waals surface area contributed by atoms with Gasteiger partial charge in [-0.15, -0.1) is 0 Å². The molecular weight excluding hydrogens is 227 g/mol. The average Bonchev–Trinajstić information content (AvgIpc) is 2.12. The predicted octanol–water partition coefficient (Wildman–Crippen LogP) is 2.39. The highest BCUT2D eigenvalue weighted by molar-refractivity contribution is 6.38.